The third kappa shape index (κ3) is 4.89. The molecule has 0 radical (unpaired) electrons. The zero-order valence-electron chi connectivity index (χ0n) is 15.1. The molecule has 0 saturated carbocycles. The number of nitrogens with one attached hydrogen (secondary N) is 1. The van der Waals surface area contributed by atoms with Crippen molar-refractivity contribution in [3.63, 3.8) is 0 Å². The molecule has 4 nitrogen and oxygen atoms in total. The van der Waals surface area contributed by atoms with Gasteiger partial charge in [-0.25, -0.2) is 0 Å². The van der Waals surface area contributed by atoms with Gasteiger partial charge in [0.25, 0.3) is 5.91 Å². The number of benzene rings is 2. The van der Waals surface area contributed by atoms with Crippen LogP contribution in [0.5, 0.6) is 11.5 Å². The molecule has 0 aliphatic heterocycles. The summed E-state index contributed by atoms with van der Waals surface area (Å²) < 4.78 is 11.2. The third-order valence-electron chi connectivity index (χ3n) is 3.95. The van der Waals surface area contributed by atoms with Crippen molar-refractivity contribution in [3.05, 3.63) is 53.1 Å². The van der Waals surface area contributed by atoms with Crippen LogP contribution in [0.4, 0.5) is 5.69 Å². The Balaban J connectivity index is 2.12. The Morgan fingerprint density at radius 3 is 2.48 bits per heavy atom. The molecule has 2 rings (SSSR count). The van der Waals surface area contributed by atoms with Crippen LogP contribution in [0.3, 0.4) is 0 Å². The molecule has 0 heterocycles. The van der Waals surface area contributed by atoms with Gasteiger partial charge in [0.1, 0.15) is 11.5 Å². The van der Waals surface area contributed by atoms with E-state index in [1.54, 1.807) is 19.2 Å². The Kier molecular flexibility index (Phi) is 6.71. The number of ether oxygens (including phenoxy) is 2. The van der Waals surface area contributed by atoms with E-state index in [4.69, 9.17) is 21.1 Å². The third-order valence-corrected chi connectivity index (χ3v) is 4.24. The predicted molar refractivity (Wildman–Crippen MR) is 102 cm³/mol. The van der Waals surface area contributed by atoms with Gasteiger partial charge in [-0.1, -0.05) is 24.6 Å². The molecule has 0 aliphatic rings. The van der Waals surface area contributed by atoms with E-state index in [2.05, 4.69) is 5.32 Å². The van der Waals surface area contributed by atoms with Gasteiger partial charge < -0.3 is 14.8 Å². The molecular formula is C20H24ClNO3. The molecular weight excluding hydrogens is 338 g/mol. The van der Waals surface area contributed by atoms with Gasteiger partial charge in [-0.15, -0.1) is 11.6 Å². The highest BCUT2D eigenvalue weighted by Crippen LogP contribution is 2.25. The van der Waals surface area contributed by atoms with Crippen LogP contribution in [0.25, 0.3) is 0 Å². The molecule has 2 aromatic carbocycles. The van der Waals surface area contributed by atoms with E-state index < -0.39 is 6.10 Å². The van der Waals surface area contributed by atoms with Crippen molar-refractivity contribution in [2.24, 2.45) is 0 Å². The van der Waals surface area contributed by atoms with Gasteiger partial charge in [-0.05, 0) is 50.1 Å². The minimum absolute atomic E-state index is 0.187. The lowest BCUT2D eigenvalue weighted by molar-refractivity contribution is -0.122. The van der Waals surface area contributed by atoms with E-state index in [0.29, 0.717) is 23.7 Å². The van der Waals surface area contributed by atoms with Crippen molar-refractivity contribution < 1.29 is 14.3 Å². The molecule has 1 atom stereocenters. The fourth-order valence-electron chi connectivity index (χ4n) is 2.59. The summed E-state index contributed by atoms with van der Waals surface area (Å²) in [5, 5.41) is 2.89. The quantitative estimate of drug-likeness (QED) is 0.717. The number of hydrogen-bond acceptors (Lipinski definition) is 3. The molecule has 2 aromatic rings. The number of aryl methyl sites for hydroxylation is 2. The maximum Gasteiger partial charge on any atom is 0.265 e. The molecule has 0 bridgehead atoms. The van der Waals surface area contributed by atoms with Crippen LogP contribution in [-0.4, -0.2) is 19.1 Å². The summed E-state index contributed by atoms with van der Waals surface area (Å²) in [6, 6.07) is 11.3. The highest BCUT2D eigenvalue weighted by atomic mass is 35.5. The standard InChI is InChI=1S/C20H24ClNO3/c1-5-17(25-18-8-6-13(2)10-14(18)3)20(23)22-16-7-9-19(24-4)15(11-16)12-21/h6-11,17H,5,12H2,1-4H3,(H,22,23). The van der Waals surface area contributed by atoms with Crippen LogP contribution in [0.1, 0.15) is 30.0 Å². The topological polar surface area (TPSA) is 47.6 Å². The number of methoxy groups -OCH3 is 1. The highest BCUT2D eigenvalue weighted by Gasteiger charge is 2.20. The number of carbonyl (C=O) groups is 1. The molecule has 0 fully saturated rings. The number of halogens is 1. The Bertz CT molecular complexity index is 746. The minimum Gasteiger partial charge on any atom is -0.496 e. The van der Waals surface area contributed by atoms with Crippen molar-refractivity contribution in [3.8, 4) is 11.5 Å². The zero-order valence-corrected chi connectivity index (χ0v) is 15.8. The first-order valence-corrected chi connectivity index (χ1v) is 8.79. The van der Waals surface area contributed by atoms with Crippen LogP contribution in [-0.2, 0) is 10.7 Å². The predicted octanol–water partition coefficient (Wildman–Crippen LogP) is 4.85. The van der Waals surface area contributed by atoms with E-state index in [0.717, 1.165) is 22.4 Å². The lowest BCUT2D eigenvalue weighted by atomic mass is 10.1. The first kappa shape index (κ1) is 19.1. The maximum atomic E-state index is 12.6. The van der Waals surface area contributed by atoms with Crippen molar-refractivity contribution in [1.29, 1.82) is 0 Å². The molecule has 1 amide bonds. The molecule has 0 aromatic heterocycles. The van der Waals surface area contributed by atoms with Crippen molar-refractivity contribution in [2.75, 3.05) is 12.4 Å². The average Bonchev–Trinajstić information content (AvgIpc) is 2.60. The SMILES string of the molecule is CCC(Oc1ccc(C)cc1C)C(=O)Nc1ccc(OC)c(CCl)c1. The first-order valence-electron chi connectivity index (χ1n) is 8.26. The van der Waals surface area contributed by atoms with Crippen LogP contribution < -0.4 is 14.8 Å². The van der Waals surface area contributed by atoms with Crippen LogP contribution in [0.15, 0.2) is 36.4 Å². The Morgan fingerprint density at radius 1 is 1.16 bits per heavy atom. The number of alkyl halides is 1. The van der Waals surface area contributed by atoms with Gasteiger partial charge in [-0.3, -0.25) is 4.79 Å². The van der Waals surface area contributed by atoms with Gasteiger partial charge in [0, 0.05) is 11.3 Å². The molecule has 0 aliphatic carbocycles. The number of rotatable bonds is 7. The molecule has 0 saturated heterocycles. The normalized spacial score (nSPS) is 11.7. The summed E-state index contributed by atoms with van der Waals surface area (Å²) in [4.78, 5) is 12.6. The maximum absolute atomic E-state index is 12.6. The molecule has 1 N–H and O–H groups in total. The molecule has 5 heteroatoms. The smallest absolute Gasteiger partial charge is 0.265 e. The van der Waals surface area contributed by atoms with E-state index in [9.17, 15) is 4.79 Å². The summed E-state index contributed by atoms with van der Waals surface area (Å²) in [5.74, 6) is 1.55. The Hall–Kier alpha value is -2.20. The number of hydrogen-bond donors (Lipinski definition) is 1. The molecule has 0 spiro atoms. The summed E-state index contributed by atoms with van der Waals surface area (Å²) in [7, 11) is 1.59. The van der Waals surface area contributed by atoms with Gasteiger partial charge in [0.15, 0.2) is 6.10 Å². The summed E-state index contributed by atoms with van der Waals surface area (Å²) in [6.07, 6.45) is 0.000426. The van der Waals surface area contributed by atoms with Gasteiger partial charge in [0.2, 0.25) is 0 Å². The van der Waals surface area contributed by atoms with E-state index in [-0.39, 0.29) is 5.91 Å². The largest absolute Gasteiger partial charge is 0.496 e. The second-order valence-corrected chi connectivity index (χ2v) is 6.20. The van der Waals surface area contributed by atoms with Crippen LogP contribution in [0.2, 0.25) is 0 Å². The Morgan fingerprint density at radius 2 is 1.88 bits per heavy atom. The average molecular weight is 362 g/mol. The van der Waals surface area contributed by atoms with Gasteiger partial charge >= 0.3 is 0 Å². The lowest BCUT2D eigenvalue weighted by Crippen LogP contribution is -2.32. The zero-order chi connectivity index (χ0) is 18.4. The second-order valence-electron chi connectivity index (χ2n) is 5.93. The van der Waals surface area contributed by atoms with Gasteiger partial charge in [0.05, 0.1) is 13.0 Å². The van der Waals surface area contributed by atoms with E-state index in [1.807, 2.05) is 45.0 Å². The fraction of sp³-hybridized carbons (Fsp3) is 0.350. The van der Waals surface area contributed by atoms with Crippen molar-refractivity contribution in [2.45, 2.75) is 39.2 Å². The monoisotopic (exact) mass is 361 g/mol. The summed E-state index contributed by atoms with van der Waals surface area (Å²) in [5.41, 5.74) is 3.67. The first-order chi connectivity index (χ1) is 12.0. The number of anilines is 1. The molecule has 25 heavy (non-hydrogen) atoms. The minimum atomic E-state index is -0.567. The molecule has 134 valence electrons. The molecule has 1 unspecified atom stereocenters. The Labute approximate surface area is 154 Å². The summed E-state index contributed by atoms with van der Waals surface area (Å²) >= 11 is 5.93. The van der Waals surface area contributed by atoms with E-state index >= 15 is 0 Å². The van der Waals surface area contributed by atoms with Crippen molar-refractivity contribution >= 4 is 23.2 Å². The fourth-order valence-corrected chi connectivity index (χ4v) is 2.80. The second kappa shape index (κ2) is 8.77. The highest BCUT2D eigenvalue weighted by molar-refractivity contribution is 6.17. The van der Waals surface area contributed by atoms with Gasteiger partial charge in [-0.2, -0.15) is 0 Å². The lowest BCUT2D eigenvalue weighted by Gasteiger charge is -2.19. The summed E-state index contributed by atoms with van der Waals surface area (Å²) in [6.45, 7) is 5.92. The van der Waals surface area contributed by atoms with Crippen LogP contribution >= 0.6 is 11.6 Å². The number of amides is 1. The number of carbonyl (C=O) groups excluding carboxylic acids is 1. The van der Waals surface area contributed by atoms with Crippen molar-refractivity contribution in [1.82, 2.24) is 0 Å². The van der Waals surface area contributed by atoms with Crippen LogP contribution in [0, 0.1) is 13.8 Å². The van der Waals surface area contributed by atoms with E-state index in [1.165, 1.54) is 0 Å².